The number of aromatic nitrogens is 2. The van der Waals surface area contributed by atoms with Crippen molar-refractivity contribution in [3.8, 4) is 0 Å². The van der Waals surface area contributed by atoms with Crippen LogP contribution in [0.5, 0.6) is 0 Å². The predicted octanol–water partition coefficient (Wildman–Crippen LogP) is 1.93. The molecule has 8 nitrogen and oxygen atoms in total. The van der Waals surface area contributed by atoms with Crippen LogP contribution in [0.4, 0.5) is 4.39 Å². The number of likely N-dealkylation sites (tertiary alicyclic amines) is 1. The Kier molecular flexibility index (Phi) is 6.12. The first-order chi connectivity index (χ1) is 15.3. The standard InChI is InChI=1S/C23H27FN4O4/c1-14-18(15(2)26(3)25-14)21(29)19-20(16-5-4-6-17(24)13-16)28(23(31)22(19)30)8-7-27-9-11-32-12-10-27/h4-6,13,20,29H,7-12H2,1-3H3/b21-19+/t20-/m1/s1. The summed E-state index contributed by atoms with van der Waals surface area (Å²) in [7, 11) is 1.74. The smallest absolute Gasteiger partial charge is 0.295 e. The number of ketones is 1. The molecule has 1 atom stereocenters. The van der Waals surface area contributed by atoms with Gasteiger partial charge in [0.05, 0.1) is 36.1 Å². The summed E-state index contributed by atoms with van der Waals surface area (Å²) >= 11 is 0. The third-order valence-corrected chi connectivity index (χ3v) is 6.21. The minimum absolute atomic E-state index is 0.0400. The first-order valence-electron chi connectivity index (χ1n) is 10.6. The van der Waals surface area contributed by atoms with E-state index in [1.54, 1.807) is 31.6 Å². The second kappa shape index (κ2) is 8.84. The van der Waals surface area contributed by atoms with Crippen LogP contribution in [0.2, 0.25) is 0 Å². The highest BCUT2D eigenvalue weighted by molar-refractivity contribution is 6.46. The zero-order valence-electron chi connectivity index (χ0n) is 18.5. The maximum Gasteiger partial charge on any atom is 0.295 e. The Hall–Kier alpha value is -3.04. The highest BCUT2D eigenvalue weighted by Crippen LogP contribution is 2.40. The average molecular weight is 442 g/mol. The number of carbonyl (C=O) groups is 2. The number of aryl methyl sites for hydroxylation is 2. The van der Waals surface area contributed by atoms with Crippen molar-refractivity contribution in [3.05, 3.63) is 58.2 Å². The Bertz CT molecular complexity index is 1090. The number of nitrogens with zero attached hydrogens (tertiary/aromatic N) is 4. The third kappa shape index (κ3) is 3.93. The number of benzene rings is 1. The van der Waals surface area contributed by atoms with Gasteiger partial charge < -0.3 is 14.7 Å². The van der Waals surface area contributed by atoms with Crippen LogP contribution in [-0.2, 0) is 21.4 Å². The summed E-state index contributed by atoms with van der Waals surface area (Å²) < 4.78 is 21.1. The molecule has 1 aromatic heterocycles. The molecule has 2 aromatic rings. The lowest BCUT2D eigenvalue weighted by molar-refractivity contribution is -0.140. The van der Waals surface area contributed by atoms with Crippen LogP contribution in [0.25, 0.3) is 5.76 Å². The summed E-state index contributed by atoms with van der Waals surface area (Å²) in [5.41, 5.74) is 2.02. The van der Waals surface area contributed by atoms with Gasteiger partial charge in [0.15, 0.2) is 0 Å². The summed E-state index contributed by atoms with van der Waals surface area (Å²) in [5, 5.41) is 15.5. The molecule has 2 aliphatic rings. The van der Waals surface area contributed by atoms with E-state index in [1.807, 2.05) is 0 Å². The molecule has 0 unspecified atom stereocenters. The van der Waals surface area contributed by atoms with Crippen molar-refractivity contribution in [1.82, 2.24) is 19.6 Å². The number of hydrogen-bond donors (Lipinski definition) is 1. The molecule has 0 spiro atoms. The van der Waals surface area contributed by atoms with Crippen LogP contribution in [0.1, 0.15) is 28.6 Å². The lowest BCUT2D eigenvalue weighted by Gasteiger charge is -2.31. The van der Waals surface area contributed by atoms with Gasteiger partial charge in [0.25, 0.3) is 11.7 Å². The fraction of sp³-hybridized carbons (Fsp3) is 0.435. The van der Waals surface area contributed by atoms with E-state index in [9.17, 15) is 19.1 Å². The summed E-state index contributed by atoms with van der Waals surface area (Å²) in [5.74, 6) is -2.24. The van der Waals surface area contributed by atoms with Gasteiger partial charge in [-0.15, -0.1) is 0 Å². The number of rotatable bonds is 5. The minimum atomic E-state index is -0.884. The van der Waals surface area contributed by atoms with Gasteiger partial charge in [-0.3, -0.25) is 19.2 Å². The van der Waals surface area contributed by atoms with E-state index in [1.165, 1.54) is 23.1 Å². The van der Waals surface area contributed by atoms with Crippen molar-refractivity contribution in [3.63, 3.8) is 0 Å². The molecule has 1 aromatic carbocycles. The van der Waals surface area contributed by atoms with Crippen LogP contribution in [0, 0.1) is 19.7 Å². The SMILES string of the molecule is Cc1nn(C)c(C)c1/C(O)=C1\C(=O)C(=O)N(CCN2CCOCC2)[C@@H]1c1cccc(F)c1. The first kappa shape index (κ1) is 22.2. The third-order valence-electron chi connectivity index (χ3n) is 6.21. The molecule has 2 fully saturated rings. The van der Waals surface area contributed by atoms with Crippen molar-refractivity contribution in [2.75, 3.05) is 39.4 Å². The van der Waals surface area contributed by atoms with Crippen LogP contribution < -0.4 is 0 Å². The molecule has 3 heterocycles. The maximum atomic E-state index is 14.1. The first-order valence-corrected chi connectivity index (χ1v) is 10.6. The fourth-order valence-electron chi connectivity index (χ4n) is 4.46. The number of halogens is 1. The largest absolute Gasteiger partial charge is 0.507 e. The van der Waals surface area contributed by atoms with E-state index >= 15 is 0 Å². The minimum Gasteiger partial charge on any atom is -0.507 e. The molecule has 2 saturated heterocycles. The van der Waals surface area contributed by atoms with Crippen molar-refractivity contribution < 1.29 is 23.8 Å². The number of Topliss-reactive ketones (excluding diaryl/α,β-unsaturated/α-hetero) is 1. The fourth-order valence-corrected chi connectivity index (χ4v) is 4.46. The number of carbonyl (C=O) groups excluding carboxylic acids is 2. The number of hydrogen-bond acceptors (Lipinski definition) is 6. The Morgan fingerprint density at radius 1 is 1.22 bits per heavy atom. The van der Waals surface area contributed by atoms with Gasteiger partial charge in [-0.1, -0.05) is 12.1 Å². The molecule has 32 heavy (non-hydrogen) atoms. The Labute approximate surface area is 185 Å². The summed E-state index contributed by atoms with van der Waals surface area (Å²) in [6.07, 6.45) is 0. The monoisotopic (exact) mass is 442 g/mol. The number of amides is 1. The summed E-state index contributed by atoms with van der Waals surface area (Å²) in [4.78, 5) is 29.7. The molecular formula is C23H27FN4O4. The van der Waals surface area contributed by atoms with Crippen LogP contribution in [-0.4, -0.2) is 75.8 Å². The average Bonchev–Trinajstić information content (AvgIpc) is 3.18. The van der Waals surface area contributed by atoms with E-state index in [2.05, 4.69) is 10.00 Å². The zero-order chi connectivity index (χ0) is 23.0. The van der Waals surface area contributed by atoms with Gasteiger partial charge in [0, 0.05) is 38.9 Å². The molecular weight excluding hydrogens is 415 g/mol. The number of aliphatic hydroxyl groups is 1. The second-order valence-electron chi connectivity index (χ2n) is 8.17. The van der Waals surface area contributed by atoms with E-state index in [0.29, 0.717) is 42.3 Å². The predicted molar refractivity (Wildman–Crippen MR) is 115 cm³/mol. The van der Waals surface area contributed by atoms with Gasteiger partial charge in [-0.25, -0.2) is 4.39 Å². The Balaban J connectivity index is 1.79. The van der Waals surface area contributed by atoms with Gasteiger partial charge in [-0.05, 0) is 31.5 Å². The van der Waals surface area contributed by atoms with E-state index in [4.69, 9.17) is 4.74 Å². The molecule has 170 valence electrons. The molecule has 1 N–H and O–H groups in total. The number of aliphatic hydroxyl groups excluding tert-OH is 1. The van der Waals surface area contributed by atoms with Crippen molar-refractivity contribution >= 4 is 17.4 Å². The molecule has 1 amide bonds. The number of morpholine rings is 1. The van der Waals surface area contributed by atoms with Crippen molar-refractivity contribution in [2.45, 2.75) is 19.9 Å². The quantitative estimate of drug-likeness (QED) is 0.433. The second-order valence-corrected chi connectivity index (χ2v) is 8.17. The normalized spacial score (nSPS) is 21.5. The maximum absolute atomic E-state index is 14.1. The molecule has 0 bridgehead atoms. The Morgan fingerprint density at radius 2 is 1.94 bits per heavy atom. The lowest BCUT2D eigenvalue weighted by Crippen LogP contribution is -2.42. The topological polar surface area (TPSA) is 87.9 Å². The summed E-state index contributed by atoms with van der Waals surface area (Å²) in [6, 6.07) is 4.92. The molecule has 4 rings (SSSR count). The number of ether oxygens (including phenoxy) is 1. The molecule has 9 heteroatoms. The van der Waals surface area contributed by atoms with Crippen molar-refractivity contribution in [1.29, 1.82) is 0 Å². The van der Waals surface area contributed by atoms with Crippen LogP contribution in [0.3, 0.4) is 0 Å². The van der Waals surface area contributed by atoms with Crippen molar-refractivity contribution in [2.24, 2.45) is 7.05 Å². The van der Waals surface area contributed by atoms with Gasteiger partial charge in [0.1, 0.15) is 11.6 Å². The van der Waals surface area contributed by atoms with E-state index in [-0.39, 0.29) is 17.9 Å². The van der Waals surface area contributed by atoms with Gasteiger partial charge in [0.2, 0.25) is 0 Å². The molecule has 0 aliphatic carbocycles. The molecule has 0 saturated carbocycles. The molecule has 0 radical (unpaired) electrons. The van der Waals surface area contributed by atoms with Crippen LogP contribution >= 0.6 is 0 Å². The highest BCUT2D eigenvalue weighted by atomic mass is 19.1. The van der Waals surface area contributed by atoms with Gasteiger partial charge in [-0.2, -0.15) is 5.10 Å². The van der Waals surface area contributed by atoms with E-state index < -0.39 is 23.5 Å². The summed E-state index contributed by atoms with van der Waals surface area (Å²) in [6.45, 7) is 7.04. The Morgan fingerprint density at radius 3 is 2.56 bits per heavy atom. The lowest BCUT2D eigenvalue weighted by atomic mass is 9.94. The van der Waals surface area contributed by atoms with Crippen LogP contribution in [0.15, 0.2) is 29.8 Å². The molecule has 2 aliphatic heterocycles. The highest BCUT2D eigenvalue weighted by Gasteiger charge is 2.46. The van der Waals surface area contributed by atoms with E-state index in [0.717, 1.165) is 13.1 Å². The van der Waals surface area contributed by atoms with Gasteiger partial charge >= 0.3 is 0 Å². The zero-order valence-corrected chi connectivity index (χ0v) is 18.5.